The van der Waals surface area contributed by atoms with E-state index in [4.69, 9.17) is 5.73 Å². The van der Waals surface area contributed by atoms with Gasteiger partial charge in [-0.05, 0) is 5.56 Å². The standard InChI is InChI=1S/C11H17N3O3S.ClH/c12-8-11(15)13-6-7-18(16,17)14-9-10-4-2-1-3-5-10;/h1-5,14H,6-9,12H2,(H,13,15);1H. The molecule has 0 bridgehead atoms. The monoisotopic (exact) mass is 307 g/mol. The second-order valence-electron chi connectivity index (χ2n) is 3.68. The van der Waals surface area contributed by atoms with Gasteiger partial charge in [-0.2, -0.15) is 0 Å². The van der Waals surface area contributed by atoms with Gasteiger partial charge in [0, 0.05) is 13.1 Å². The van der Waals surface area contributed by atoms with Crippen LogP contribution in [0.1, 0.15) is 5.56 Å². The predicted molar refractivity (Wildman–Crippen MR) is 76.4 cm³/mol. The number of carbonyl (C=O) groups excluding carboxylic acids is 1. The van der Waals surface area contributed by atoms with Crippen molar-refractivity contribution in [1.29, 1.82) is 0 Å². The molecule has 0 unspecified atom stereocenters. The predicted octanol–water partition coefficient (Wildman–Crippen LogP) is -0.397. The molecule has 0 radical (unpaired) electrons. The van der Waals surface area contributed by atoms with Gasteiger partial charge in [-0.1, -0.05) is 30.3 Å². The van der Waals surface area contributed by atoms with Crippen LogP contribution in [-0.4, -0.2) is 33.2 Å². The van der Waals surface area contributed by atoms with Gasteiger partial charge in [0.25, 0.3) is 0 Å². The maximum atomic E-state index is 11.6. The lowest BCUT2D eigenvalue weighted by molar-refractivity contribution is -0.119. The van der Waals surface area contributed by atoms with Gasteiger partial charge in [-0.25, -0.2) is 13.1 Å². The second kappa shape index (κ2) is 8.87. The van der Waals surface area contributed by atoms with Crippen LogP contribution >= 0.6 is 12.4 Å². The lowest BCUT2D eigenvalue weighted by Crippen LogP contribution is -2.36. The van der Waals surface area contributed by atoms with Crippen molar-refractivity contribution in [2.24, 2.45) is 5.73 Å². The van der Waals surface area contributed by atoms with E-state index in [1.165, 1.54) is 0 Å². The van der Waals surface area contributed by atoms with E-state index in [9.17, 15) is 13.2 Å². The number of sulfonamides is 1. The maximum absolute atomic E-state index is 11.6. The molecule has 1 rings (SSSR count). The van der Waals surface area contributed by atoms with Crippen LogP contribution in [0.3, 0.4) is 0 Å². The summed E-state index contributed by atoms with van der Waals surface area (Å²) in [6.45, 7) is 0.158. The van der Waals surface area contributed by atoms with E-state index >= 15 is 0 Å². The molecule has 8 heteroatoms. The first-order valence-corrected chi connectivity index (χ1v) is 7.17. The smallest absolute Gasteiger partial charge is 0.233 e. The number of rotatable bonds is 7. The Balaban J connectivity index is 0.00000324. The van der Waals surface area contributed by atoms with Crippen LogP contribution < -0.4 is 15.8 Å². The summed E-state index contributed by atoms with van der Waals surface area (Å²) in [6.07, 6.45) is 0. The van der Waals surface area contributed by atoms with Crippen molar-refractivity contribution >= 4 is 28.3 Å². The number of carbonyl (C=O) groups is 1. The fourth-order valence-corrected chi connectivity index (χ4v) is 2.16. The number of benzene rings is 1. The zero-order chi connectivity index (χ0) is 13.4. The van der Waals surface area contributed by atoms with Gasteiger partial charge < -0.3 is 11.1 Å². The molecule has 6 nitrogen and oxygen atoms in total. The van der Waals surface area contributed by atoms with Gasteiger partial charge in [0.05, 0.1) is 12.3 Å². The minimum atomic E-state index is -3.39. The number of halogens is 1. The molecule has 4 N–H and O–H groups in total. The Hall–Kier alpha value is -1.15. The molecule has 0 saturated carbocycles. The molecule has 0 spiro atoms. The highest BCUT2D eigenvalue weighted by molar-refractivity contribution is 7.89. The Morgan fingerprint density at radius 3 is 2.42 bits per heavy atom. The quantitative estimate of drug-likeness (QED) is 0.638. The van der Waals surface area contributed by atoms with E-state index in [2.05, 4.69) is 10.0 Å². The molecular formula is C11H18ClN3O3S. The Morgan fingerprint density at radius 1 is 1.21 bits per heavy atom. The number of hydrogen-bond acceptors (Lipinski definition) is 4. The van der Waals surface area contributed by atoms with Gasteiger partial charge in [0.15, 0.2) is 0 Å². The average Bonchev–Trinajstić information content (AvgIpc) is 2.37. The van der Waals surface area contributed by atoms with E-state index in [-0.39, 0.29) is 43.7 Å². The van der Waals surface area contributed by atoms with Crippen molar-refractivity contribution in [3.05, 3.63) is 35.9 Å². The Bertz CT molecular complexity index is 479. The van der Waals surface area contributed by atoms with Crippen LogP contribution in [0.4, 0.5) is 0 Å². The van der Waals surface area contributed by atoms with Gasteiger partial charge in [-0.3, -0.25) is 4.79 Å². The van der Waals surface area contributed by atoms with Crippen LogP contribution in [0.5, 0.6) is 0 Å². The Morgan fingerprint density at radius 2 is 1.84 bits per heavy atom. The highest BCUT2D eigenvalue weighted by Gasteiger charge is 2.10. The lowest BCUT2D eigenvalue weighted by Gasteiger charge is -2.07. The summed E-state index contributed by atoms with van der Waals surface area (Å²) < 4.78 is 25.6. The fourth-order valence-electron chi connectivity index (χ4n) is 1.26. The van der Waals surface area contributed by atoms with Crippen molar-refractivity contribution < 1.29 is 13.2 Å². The molecule has 1 amide bonds. The summed E-state index contributed by atoms with van der Waals surface area (Å²) in [5.41, 5.74) is 5.96. The third-order valence-corrected chi connectivity index (χ3v) is 3.54. The lowest BCUT2D eigenvalue weighted by atomic mass is 10.2. The van der Waals surface area contributed by atoms with Gasteiger partial charge >= 0.3 is 0 Å². The Labute approximate surface area is 119 Å². The molecule has 0 aromatic heterocycles. The highest BCUT2D eigenvalue weighted by atomic mass is 35.5. The van der Waals surface area contributed by atoms with Crippen LogP contribution in [0.15, 0.2) is 30.3 Å². The van der Waals surface area contributed by atoms with Crippen molar-refractivity contribution in [3.63, 3.8) is 0 Å². The third-order valence-electron chi connectivity index (χ3n) is 2.22. The molecular weight excluding hydrogens is 290 g/mol. The minimum Gasteiger partial charge on any atom is -0.354 e. The first-order valence-electron chi connectivity index (χ1n) is 5.51. The van der Waals surface area contributed by atoms with Crippen LogP contribution in [0, 0.1) is 0 Å². The molecule has 0 aliphatic rings. The molecule has 0 aliphatic heterocycles. The topological polar surface area (TPSA) is 101 Å². The van der Waals surface area contributed by atoms with Gasteiger partial charge in [0.1, 0.15) is 0 Å². The van der Waals surface area contributed by atoms with Crippen molar-refractivity contribution in [1.82, 2.24) is 10.0 Å². The molecule has 0 saturated heterocycles. The molecule has 0 atom stereocenters. The van der Waals surface area contributed by atoms with Gasteiger partial charge in [-0.15, -0.1) is 12.4 Å². The van der Waals surface area contributed by atoms with Gasteiger partial charge in [0.2, 0.25) is 15.9 Å². The van der Waals surface area contributed by atoms with E-state index in [0.717, 1.165) is 5.56 Å². The minimum absolute atomic E-state index is 0. The molecule has 1 aromatic rings. The number of nitrogens with two attached hydrogens (primary N) is 1. The molecule has 0 aliphatic carbocycles. The maximum Gasteiger partial charge on any atom is 0.233 e. The number of amides is 1. The van der Waals surface area contributed by atoms with Crippen molar-refractivity contribution in [2.75, 3.05) is 18.8 Å². The summed E-state index contributed by atoms with van der Waals surface area (Å²) in [5.74, 6) is -0.528. The first-order chi connectivity index (χ1) is 8.53. The van der Waals surface area contributed by atoms with Crippen LogP contribution in [-0.2, 0) is 21.4 Å². The first kappa shape index (κ1) is 17.8. The summed E-state index contributed by atoms with van der Waals surface area (Å²) in [5, 5.41) is 2.40. The summed E-state index contributed by atoms with van der Waals surface area (Å²) in [4.78, 5) is 10.8. The number of hydrogen-bond donors (Lipinski definition) is 3. The zero-order valence-electron chi connectivity index (χ0n) is 10.3. The third kappa shape index (κ3) is 7.78. The number of nitrogens with one attached hydrogen (secondary N) is 2. The van der Waals surface area contributed by atoms with E-state index in [0.29, 0.717) is 0 Å². The van der Waals surface area contributed by atoms with Crippen LogP contribution in [0.2, 0.25) is 0 Å². The molecule has 19 heavy (non-hydrogen) atoms. The normalized spacial score (nSPS) is 10.6. The summed E-state index contributed by atoms with van der Waals surface area (Å²) in [6, 6.07) is 9.20. The Kier molecular flexibility index (Phi) is 8.33. The second-order valence-corrected chi connectivity index (χ2v) is 5.61. The molecule has 108 valence electrons. The SMILES string of the molecule is Cl.NCC(=O)NCCS(=O)(=O)NCc1ccccc1. The molecule has 0 heterocycles. The van der Waals surface area contributed by atoms with E-state index in [1.807, 2.05) is 30.3 Å². The summed E-state index contributed by atoms with van der Waals surface area (Å²) in [7, 11) is -3.39. The highest BCUT2D eigenvalue weighted by Crippen LogP contribution is 1.98. The van der Waals surface area contributed by atoms with Crippen LogP contribution in [0.25, 0.3) is 0 Å². The van der Waals surface area contributed by atoms with Crippen molar-refractivity contribution in [3.8, 4) is 0 Å². The average molecular weight is 308 g/mol. The molecule has 1 aromatic carbocycles. The van der Waals surface area contributed by atoms with E-state index in [1.54, 1.807) is 0 Å². The zero-order valence-corrected chi connectivity index (χ0v) is 12.0. The van der Waals surface area contributed by atoms with E-state index < -0.39 is 10.0 Å². The fraction of sp³-hybridized carbons (Fsp3) is 0.364. The molecule has 0 fully saturated rings. The summed E-state index contributed by atoms with van der Waals surface area (Å²) >= 11 is 0. The largest absolute Gasteiger partial charge is 0.354 e. The van der Waals surface area contributed by atoms with Crippen molar-refractivity contribution in [2.45, 2.75) is 6.54 Å².